The summed E-state index contributed by atoms with van der Waals surface area (Å²) in [6.45, 7) is 4.09. The summed E-state index contributed by atoms with van der Waals surface area (Å²) in [6, 6.07) is 15.4. The molecule has 2 aromatic carbocycles. The molecule has 0 amide bonds. The fraction of sp³-hybridized carbons (Fsp3) is 0.415. The highest BCUT2D eigenvalue weighted by Crippen LogP contribution is 2.15. The van der Waals surface area contributed by atoms with E-state index in [9.17, 15) is 9.59 Å². The fourth-order valence-corrected chi connectivity index (χ4v) is 4.18. The Hall–Kier alpha value is -5.12. The molecule has 276 valence electrons. The van der Waals surface area contributed by atoms with Gasteiger partial charge in [-0.25, -0.2) is 9.59 Å². The van der Waals surface area contributed by atoms with Crippen molar-refractivity contribution in [2.45, 2.75) is 58.3 Å². The van der Waals surface area contributed by atoms with Crippen molar-refractivity contribution in [1.29, 1.82) is 0 Å². The Balaban J connectivity index is -0.000000463. The fourth-order valence-electron chi connectivity index (χ4n) is 4.18. The first kappa shape index (κ1) is 40.1. The van der Waals surface area contributed by atoms with Crippen molar-refractivity contribution >= 4 is 11.9 Å². The van der Waals surface area contributed by atoms with Crippen LogP contribution in [0.15, 0.2) is 60.7 Å². The molecule has 0 spiro atoms. The first-order valence-corrected chi connectivity index (χ1v) is 16.7. The van der Waals surface area contributed by atoms with Gasteiger partial charge in [0, 0.05) is 30.6 Å². The number of carbonyl (C=O) groups is 2. The highest BCUT2D eigenvalue weighted by atomic mass is 16.6. The van der Waals surface area contributed by atoms with E-state index >= 15 is 0 Å². The van der Waals surface area contributed by atoms with Gasteiger partial charge in [0.1, 0.15) is 37.9 Å². The van der Waals surface area contributed by atoms with Crippen LogP contribution in [0.3, 0.4) is 0 Å². The summed E-state index contributed by atoms with van der Waals surface area (Å²) in [7, 11) is 0. The number of rotatable bonds is 24. The number of aryl methyl sites for hydroxylation is 1. The molecule has 0 N–H and O–H groups in total. The maximum absolute atomic E-state index is 11.8. The van der Waals surface area contributed by atoms with E-state index in [1.807, 2.05) is 24.3 Å². The lowest BCUT2D eigenvalue weighted by atomic mass is 10.0. The average molecular weight is 685 g/mol. The molecule has 49 heavy (non-hydrogen) atoms. The van der Waals surface area contributed by atoms with E-state index in [-0.39, 0.29) is 39.3 Å². The van der Waals surface area contributed by atoms with E-state index in [0.29, 0.717) is 32.2 Å². The molecule has 0 atom stereocenters. The molecule has 0 bridgehead atoms. The van der Waals surface area contributed by atoms with Crippen molar-refractivity contribution < 1.29 is 50.8 Å². The lowest BCUT2D eigenvalue weighted by Gasteiger charge is -2.08. The third-order valence-electron chi connectivity index (χ3n) is 6.67. The lowest BCUT2D eigenvalue weighted by Crippen LogP contribution is -2.14. The quantitative estimate of drug-likeness (QED) is 0.0472. The number of hydrogen-bond acceptors (Lipinski definition) is 8. The highest BCUT2D eigenvalue weighted by molar-refractivity contribution is 5.91. The Morgan fingerprint density at radius 2 is 1.10 bits per heavy atom. The Morgan fingerprint density at radius 3 is 1.67 bits per heavy atom. The van der Waals surface area contributed by atoms with Crippen molar-refractivity contribution in [3.63, 3.8) is 0 Å². The average Bonchev–Trinajstić information content (AvgIpc) is 3.12. The number of benzene rings is 2. The van der Waals surface area contributed by atoms with Crippen molar-refractivity contribution in [2.75, 3.05) is 52.9 Å². The second-order valence-corrected chi connectivity index (χ2v) is 10.5. The molecule has 0 unspecified atom stereocenters. The summed E-state index contributed by atoms with van der Waals surface area (Å²) in [5.74, 6) is 17.9. The monoisotopic (exact) mass is 684 g/mol. The summed E-state index contributed by atoms with van der Waals surface area (Å²) in [4.78, 5) is 23.6. The molecule has 0 aromatic heterocycles. The number of unbranched alkanes of at least 4 members (excludes halogenated alkanes) is 6. The molecule has 0 saturated heterocycles. The number of esters is 2. The van der Waals surface area contributed by atoms with Crippen LogP contribution in [-0.4, -0.2) is 64.8 Å². The Morgan fingerprint density at radius 1 is 0.612 bits per heavy atom. The van der Waals surface area contributed by atoms with Gasteiger partial charge in [-0.05, 0) is 90.3 Å². The zero-order valence-electron chi connectivity index (χ0n) is 28.4. The van der Waals surface area contributed by atoms with Gasteiger partial charge in [0.2, 0.25) is 0 Å². The normalized spacial score (nSPS) is 9.96. The first-order valence-electron chi connectivity index (χ1n) is 16.7. The highest BCUT2D eigenvalue weighted by Gasteiger charge is 2.03. The smallest absolute Gasteiger partial charge is 0.331 e. The van der Waals surface area contributed by atoms with Gasteiger partial charge in [-0.2, -0.15) is 0 Å². The molecule has 8 nitrogen and oxygen atoms in total. The van der Waals surface area contributed by atoms with Gasteiger partial charge in [0.15, 0.2) is 0 Å². The molecular weight excluding hydrogens is 620 g/mol. The molecule has 8 heteroatoms. The summed E-state index contributed by atoms with van der Waals surface area (Å²) in [5.41, 5.74) is 2.11. The van der Waals surface area contributed by atoms with Crippen LogP contribution >= 0.6 is 0 Å². The maximum atomic E-state index is 11.8. The van der Waals surface area contributed by atoms with Crippen LogP contribution in [0.1, 0.15) is 75.8 Å². The molecule has 0 aliphatic heterocycles. The molecule has 0 aliphatic rings. The minimum absolute atomic E-state index is 0. The first-order chi connectivity index (χ1) is 24.1. The van der Waals surface area contributed by atoms with E-state index in [0.717, 1.165) is 29.9 Å². The summed E-state index contributed by atoms with van der Waals surface area (Å²) in [6.07, 6.45) is 17.3. The molecule has 0 radical (unpaired) electrons. The van der Waals surface area contributed by atoms with E-state index < -0.39 is 11.9 Å². The van der Waals surface area contributed by atoms with Gasteiger partial charge in [-0.1, -0.05) is 63.5 Å². The number of hydrogen-bond donors (Lipinski definition) is 0. The van der Waals surface area contributed by atoms with Gasteiger partial charge in [0.05, 0.1) is 26.4 Å². The Bertz CT molecular complexity index is 1520. The van der Waals surface area contributed by atoms with E-state index in [4.69, 9.17) is 34.8 Å². The summed E-state index contributed by atoms with van der Waals surface area (Å²) >= 11 is 0. The van der Waals surface area contributed by atoms with E-state index in [2.05, 4.69) is 60.5 Å². The van der Waals surface area contributed by atoms with Crippen LogP contribution in [0.5, 0.6) is 11.5 Å². The maximum Gasteiger partial charge on any atom is 0.331 e. The molecule has 0 fully saturated rings. The van der Waals surface area contributed by atoms with Gasteiger partial charge < -0.3 is 28.4 Å². The van der Waals surface area contributed by atoms with E-state index in [1.54, 1.807) is 12.1 Å². The third-order valence-corrected chi connectivity index (χ3v) is 6.67. The number of carbonyl (C=O) groups excluding carboxylic acids is 2. The van der Waals surface area contributed by atoms with Crippen molar-refractivity contribution in [1.82, 2.24) is 0 Å². The van der Waals surface area contributed by atoms with Crippen LogP contribution in [0.2, 0.25) is 0 Å². The number of ether oxygens (including phenoxy) is 6. The topological polar surface area (TPSA) is 89.5 Å². The zero-order valence-corrected chi connectivity index (χ0v) is 28.4. The second kappa shape index (κ2) is 27.9. The lowest BCUT2D eigenvalue weighted by molar-refractivity contribution is -0.142. The van der Waals surface area contributed by atoms with Crippen LogP contribution in [0.25, 0.3) is 0 Å². The minimum atomic E-state index is -0.675. The Labute approximate surface area is 305 Å². The van der Waals surface area contributed by atoms with Gasteiger partial charge in [-0.15, -0.1) is 6.42 Å². The van der Waals surface area contributed by atoms with Crippen LogP contribution < -0.4 is 9.47 Å². The third kappa shape index (κ3) is 22.1. The predicted octanol–water partition coefficient (Wildman–Crippen LogP) is 8.32. The van der Waals surface area contributed by atoms with Crippen LogP contribution in [0.4, 0.5) is 0 Å². The zero-order chi connectivity index (χ0) is 35.0. The number of terminal acetylenes is 1. The SMILES string of the molecule is C#CC#CC#CC#Cc1ccc(OCCOCCOC(=O)/C=C/C(=O)OCCOCCOc2ccc(CCCCCCCCC)cc2)cc1.[HH].[HH].[HH].[HH].[HH].[HH].[HH].[HH].[HH]. The van der Waals surface area contributed by atoms with Gasteiger partial charge in [0.25, 0.3) is 0 Å². The van der Waals surface area contributed by atoms with Crippen molar-refractivity contribution in [2.24, 2.45) is 0 Å². The predicted molar refractivity (Wildman–Crippen MR) is 209 cm³/mol. The minimum Gasteiger partial charge on any atom is -0.491 e. The van der Waals surface area contributed by atoms with Crippen LogP contribution in [-0.2, 0) is 35.0 Å². The molecule has 2 aromatic rings. The Kier molecular flexibility index (Phi) is 22.8. The molecular formula is C41H64O8. The molecule has 0 heterocycles. The summed E-state index contributed by atoms with van der Waals surface area (Å²) in [5, 5.41) is 0. The standard InChI is InChI=1S/C41H46O8.9H2/c1-3-5-7-9-11-13-15-17-37-20-24-39(25-21-37)47-33-29-45-31-35-49-41(43)27-26-40(42)48-34-30-44-28-32-46-38-22-18-36(19-23-38)16-14-12-10-8-6-4-2;;;;;;;;;/h2,18-27H,3,5,7,9,11,13,15,17,28-35H2,1H3;9*1H/b27-26+;;;;;;;;;. The summed E-state index contributed by atoms with van der Waals surface area (Å²) < 4.78 is 32.2. The van der Waals surface area contributed by atoms with Gasteiger partial charge >= 0.3 is 11.9 Å². The molecule has 2 rings (SSSR count). The second-order valence-electron chi connectivity index (χ2n) is 10.5. The van der Waals surface area contributed by atoms with Gasteiger partial charge in [-0.3, -0.25) is 0 Å². The van der Waals surface area contributed by atoms with E-state index in [1.165, 1.54) is 50.5 Å². The van der Waals surface area contributed by atoms with Crippen molar-refractivity contribution in [3.8, 4) is 59.4 Å². The van der Waals surface area contributed by atoms with Crippen LogP contribution in [0, 0.1) is 47.9 Å². The largest absolute Gasteiger partial charge is 0.491 e. The molecule has 0 aliphatic carbocycles. The van der Waals surface area contributed by atoms with Crippen molar-refractivity contribution in [3.05, 3.63) is 71.8 Å². The molecule has 0 saturated carbocycles.